The van der Waals surface area contributed by atoms with Crippen LogP contribution in [0, 0.1) is 5.92 Å². The number of nitrogens with one attached hydrogen (secondary N) is 1. The van der Waals surface area contributed by atoms with Gasteiger partial charge in [-0.1, -0.05) is 48.9 Å². The highest BCUT2D eigenvalue weighted by Crippen LogP contribution is 2.36. The zero-order valence-corrected chi connectivity index (χ0v) is 19.3. The van der Waals surface area contributed by atoms with Gasteiger partial charge in [0.15, 0.2) is 0 Å². The molecule has 0 radical (unpaired) electrons. The number of carbonyl (C=O) groups is 2. The van der Waals surface area contributed by atoms with Crippen LogP contribution in [0.4, 0.5) is 10.5 Å². The number of nitrogens with zero attached hydrogens (tertiary/aromatic N) is 2. The monoisotopic (exact) mass is 455 g/mol. The van der Waals surface area contributed by atoms with Gasteiger partial charge in [0.25, 0.3) is 0 Å². The lowest BCUT2D eigenvalue weighted by molar-refractivity contribution is -0.126. The van der Waals surface area contributed by atoms with Crippen LogP contribution in [0.1, 0.15) is 38.2 Å². The zero-order chi connectivity index (χ0) is 22.7. The Bertz CT molecular complexity index is 960. The summed E-state index contributed by atoms with van der Waals surface area (Å²) in [5.41, 5.74) is 1.92. The van der Waals surface area contributed by atoms with Gasteiger partial charge in [-0.2, -0.15) is 0 Å². The van der Waals surface area contributed by atoms with E-state index in [1.807, 2.05) is 30.0 Å². The molecule has 2 aromatic rings. The average Bonchev–Trinajstić information content (AvgIpc) is 2.82. The summed E-state index contributed by atoms with van der Waals surface area (Å²) in [4.78, 5) is 29.6. The average molecular weight is 456 g/mol. The molecule has 2 aliphatic rings. The van der Waals surface area contributed by atoms with Crippen molar-refractivity contribution in [1.82, 2.24) is 10.2 Å². The quantitative estimate of drug-likeness (QED) is 0.728. The van der Waals surface area contributed by atoms with Gasteiger partial charge in [-0.3, -0.25) is 9.69 Å². The van der Waals surface area contributed by atoms with Crippen molar-refractivity contribution in [2.75, 3.05) is 31.1 Å². The molecule has 1 saturated heterocycles. The first-order chi connectivity index (χ1) is 15.4. The van der Waals surface area contributed by atoms with Crippen molar-refractivity contribution in [3.63, 3.8) is 0 Å². The number of anilines is 1. The summed E-state index contributed by atoms with van der Waals surface area (Å²) in [6, 6.07) is 15.5. The molecule has 170 valence electrons. The van der Waals surface area contributed by atoms with Crippen LogP contribution < -0.4 is 15.0 Å². The van der Waals surface area contributed by atoms with Crippen LogP contribution in [0.25, 0.3) is 0 Å². The molecular formula is C25H30ClN3O3. The topological polar surface area (TPSA) is 61.9 Å². The normalized spacial score (nSPS) is 19.7. The van der Waals surface area contributed by atoms with E-state index in [4.69, 9.17) is 16.3 Å². The first-order valence-electron chi connectivity index (χ1n) is 11.3. The highest BCUT2D eigenvalue weighted by molar-refractivity contribution is 6.31. The van der Waals surface area contributed by atoms with E-state index in [0.29, 0.717) is 55.5 Å². The van der Waals surface area contributed by atoms with Gasteiger partial charge in [0.1, 0.15) is 11.9 Å². The maximum atomic E-state index is 13.3. The smallest absolute Gasteiger partial charge is 0.324 e. The number of amides is 3. The van der Waals surface area contributed by atoms with Crippen molar-refractivity contribution in [3.05, 3.63) is 59.1 Å². The molecule has 0 aliphatic carbocycles. The highest BCUT2D eigenvalue weighted by Gasteiger charge is 2.34. The summed E-state index contributed by atoms with van der Waals surface area (Å²) < 4.78 is 5.86. The Morgan fingerprint density at radius 2 is 1.88 bits per heavy atom. The second-order valence-electron chi connectivity index (χ2n) is 8.75. The second-order valence-corrected chi connectivity index (χ2v) is 9.19. The molecule has 2 aliphatic heterocycles. The molecule has 6 nitrogen and oxygen atoms in total. The fraction of sp³-hybridized carbons (Fsp3) is 0.440. The van der Waals surface area contributed by atoms with Gasteiger partial charge < -0.3 is 15.0 Å². The van der Waals surface area contributed by atoms with E-state index in [9.17, 15) is 9.59 Å². The SMILES string of the molecule is C[C@@H]1CN(C(=O)N2CCC(C(=O)NC[C@@H](C)c3ccccc3)CC2)c2cc(Cl)ccc2O1. The van der Waals surface area contributed by atoms with Crippen molar-refractivity contribution >= 4 is 29.2 Å². The number of fused-ring (bicyclic) bond motifs is 1. The van der Waals surface area contributed by atoms with Gasteiger partial charge in [-0.15, -0.1) is 0 Å². The van der Waals surface area contributed by atoms with Gasteiger partial charge in [0, 0.05) is 30.6 Å². The Labute approximate surface area is 194 Å². The molecule has 0 spiro atoms. The van der Waals surface area contributed by atoms with Crippen LogP contribution in [0.15, 0.2) is 48.5 Å². The molecule has 1 fully saturated rings. The minimum absolute atomic E-state index is 0.0553. The van der Waals surface area contributed by atoms with Crippen LogP contribution in [-0.2, 0) is 4.79 Å². The minimum atomic E-state index is -0.0949. The summed E-state index contributed by atoms with van der Waals surface area (Å²) in [6.45, 7) is 6.28. The van der Waals surface area contributed by atoms with E-state index in [1.54, 1.807) is 23.1 Å². The number of rotatable bonds is 4. The summed E-state index contributed by atoms with van der Waals surface area (Å²) in [5, 5.41) is 3.67. The van der Waals surface area contributed by atoms with Gasteiger partial charge >= 0.3 is 6.03 Å². The summed E-state index contributed by atoms with van der Waals surface area (Å²) >= 11 is 6.16. The van der Waals surface area contributed by atoms with Crippen LogP contribution in [0.3, 0.4) is 0 Å². The van der Waals surface area contributed by atoms with Gasteiger partial charge in [0.2, 0.25) is 5.91 Å². The number of hydrogen-bond acceptors (Lipinski definition) is 3. The number of ether oxygens (including phenoxy) is 1. The predicted octanol–water partition coefficient (Wildman–Crippen LogP) is 4.68. The summed E-state index contributed by atoms with van der Waals surface area (Å²) in [7, 11) is 0. The first-order valence-corrected chi connectivity index (χ1v) is 11.7. The Morgan fingerprint density at radius 3 is 2.59 bits per heavy atom. The minimum Gasteiger partial charge on any atom is -0.487 e. The van der Waals surface area contributed by atoms with Gasteiger partial charge in [0.05, 0.1) is 12.2 Å². The van der Waals surface area contributed by atoms with E-state index in [0.717, 1.165) is 0 Å². The Morgan fingerprint density at radius 1 is 1.16 bits per heavy atom. The summed E-state index contributed by atoms with van der Waals surface area (Å²) in [6.07, 6.45) is 1.24. The number of urea groups is 1. The number of likely N-dealkylation sites (tertiary alicyclic amines) is 1. The maximum absolute atomic E-state index is 13.3. The molecule has 3 amide bonds. The van der Waals surface area contributed by atoms with Crippen LogP contribution >= 0.6 is 11.6 Å². The lowest BCUT2D eigenvalue weighted by Crippen LogP contribution is -2.52. The molecule has 32 heavy (non-hydrogen) atoms. The van der Waals surface area contributed by atoms with Crippen LogP contribution in [0.2, 0.25) is 5.02 Å². The van der Waals surface area contributed by atoms with Crippen LogP contribution in [-0.4, -0.2) is 49.1 Å². The molecule has 2 atom stereocenters. The lowest BCUT2D eigenvalue weighted by atomic mass is 9.95. The van der Waals surface area contributed by atoms with Crippen molar-refractivity contribution in [2.24, 2.45) is 5.92 Å². The standard InChI is InChI=1S/C25H30ClN3O3/c1-17(19-6-4-3-5-7-19)15-27-24(30)20-10-12-28(13-11-20)25(31)29-16-18(2)32-23-9-8-21(26)14-22(23)29/h3-9,14,17-18,20H,10-13,15-16H2,1-2H3,(H,27,30)/t17-,18-/m1/s1. The fourth-order valence-electron chi connectivity index (χ4n) is 4.39. The Kier molecular flexibility index (Phi) is 6.89. The molecule has 2 heterocycles. The molecule has 2 aromatic carbocycles. The number of carbonyl (C=O) groups excluding carboxylic acids is 2. The van der Waals surface area contributed by atoms with Crippen LogP contribution in [0.5, 0.6) is 5.75 Å². The summed E-state index contributed by atoms with van der Waals surface area (Å²) in [5.74, 6) is 0.949. The highest BCUT2D eigenvalue weighted by atomic mass is 35.5. The first kappa shape index (κ1) is 22.5. The molecule has 0 bridgehead atoms. The predicted molar refractivity (Wildman–Crippen MR) is 126 cm³/mol. The third-order valence-electron chi connectivity index (χ3n) is 6.30. The van der Waals surface area contributed by atoms with Gasteiger partial charge in [-0.05, 0) is 49.4 Å². The van der Waals surface area contributed by atoms with E-state index >= 15 is 0 Å². The Hall–Kier alpha value is -2.73. The molecular weight excluding hydrogens is 426 g/mol. The van der Waals surface area contributed by atoms with E-state index < -0.39 is 0 Å². The fourth-order valence-corrected chi connectivity index (χ4v) is 4.56. The van der Waals surface area contributed by atoms with Crippen molar-refractivity contribution in [3.8, 4) is 5.75 Å². The largest absolute Gasteiger partial charge is 0.487 e. The number of hydrogen-bond donors (Lipinski definition) is 1. The third-order valence-corrected chi connectivity index (χ3v) is 6.53. The Balaban J connectivity index is 1.31. The molecule has 0 unspecified atom stereocenters. The molecule has 4 rings (SSSR count). The van der Waals surface area contributed by atoms with E-state index in [1.165, 1.54) is 5.56 Å². The van der Waals surface area contributed by atoms with Crippen molar-refractivity contribution < 1.29 is 14.3 Å². The van der Waals surface area contributed by atoms with E-state index in [-0.39, 0.29) is 29.9 Å². The van der Waals surface area contributed by atoms with Crippen molar-refractivity contribution in [1.29, 1.82) is 0 Å². The molecule has 7 heteroatoms. The number of piperidine rings is 1. The number of halogens is 1. The van der Waals surface area contributed by atoms with E-state index in [2.05, 4.69) is 24.4 Å². The van der Waals surface area contributed by atoms with Gasteiger partial charge in [-0.25, -0.2) is 4.79 Å². The molecule has 0 saturated carbocycles. The zero-order valence-electron chi connectivity index (χ0n) is 18.6. The maximum Gasteiger partial charge on any atom is 0.324 e. The third kappa shape index (κ3) is 5.01. The van der Waals surface area contributed by atoms with Crippen molar-refractivity contribution in [2.45, 2.75) is 38.7 Å². The number of benzene rings is 2. The second kappa shape index (κ2) is 9.82. The lowest BCUT2D eigenvalue weighted by Gasteiger charge is -2.39. The molecule has 0 aromatic heterocycles. The molecule has 1 N–H and O–H groups in total.